The van der Waals surface area contributed by atoms with Crippen molar-refractivity contribution in [2.45, 2.75) is 19.9 Å². The minimum atomic E-state index is -3.50. The van der Waals surface area contributed by atoms with E-state index in [2.05, 4.69) is 9.98 Å². The van der Waals surface area contributed by atoms with Crippen LogP contribution in [0.2, 0.25) is 0 Å². The first-order valence-electron chi connectivity index (χ1n) is 6.20. The molecule has 1 atom stereocenters. The van der Waals surface area contributed by atoms with E-state index in [-0.39, 0.29) is 25.9 Å². The van der Waals surface area contributed by atoms with Gasteiger partial charge in [0.05, 0.1) is 18.9 Å². The van der Waals surface area contributed by atoms with Gasteiger partial charge in [-0.15, -0.1) is 0 Å². The Morgan fingerprint density at radius 2 is 1.95 bits per heavy atom. The topological polar surface area (TPSA) is 69.5 Å². The molecule has 0 N–H and O–H groups in total. The monoisotopic (exact) mass is 284 g/mol. The summed E-state index contributed by atoms with van der Waals surface area (Å²) in [6.07, 6.45) is 7.66. The summed E-state index contributed by atoms with van der Waals surface area (Å²) in [5.74, 6) is 0.496. The first kappa shape index (κ1) is 14.3. The molecule has 0 saturated heterocycles. The molecule has 0 aromatic rings. The molecule has 0 aromatic carbocycles. The second kappa shape index (κ2) is 6.39. The molecule has 1 heterocycles. The molecule has 104 valence electrons. The van der Waals surface area contributed by atoms with Crippen molar-refractivity contribution in [3.05, 3.63) is 24.3 Å². The van der Waals surface area contributed by atoms with Gasteiger partial charge in [0.2, 0.25) is 0 Å². The third-order valence-electron chi connectivity index (χ3n) is 2.45. The van der Waals surface area contributed by atoms with Gasteiger partial charge in [0, 0.05) is 0 Å². The van der Waals surface area contributed by atoms with Crippen LogP contribution in [0.15, 0.2) is 34.3 Å². The van der Waals surface area contributed by atoms with Crippen LogP contribution in [0.3, 0.4) is 0 Å². The Hall–Kier alpha value is -1.07. The first-order valence-corrected chi connectivity index (χ1v) is 7.66. The van der Waals surface area contributed by atoms with Gasteiger partial charge >= 0.3 is 7.82 Å². The van der Waals surface area contributed by atoms with Crippen molar-refractivity contribution in [1.82, 2.24) is 0 Å². The Labute approximate surface area is 112 Å². The molecule has 1 aliphatic heterocycles. The summed E-state index contributed by atoms with van der Waals surface area (Å²) in [5.41, 5.74) is 0.865. The fourth-order valence-electron chi connectivity index (χ4n) is 1.71. The number of allylic oxidation sites excluding steroid dienone is 2. The van der Waals surface area contributed by atoms with E-state index in [1.807, 2.05) is 24.3 Å². The van der Waals surface area contributed by atoms with Crippen LogP contribution >= 0.6 is 7.82 Å². The van der Waals surface area contributed by atoms with Crippen LogP contribution in [0.5, 0.6) is 0 Å². The number of aliphatic imine (C=N–C) groups is 2. The lowest BCUT2D eigenvalue weighted by Gasteiger charge is -2.15. The molecule has 1 aliphatic carbocycles. The molecule has 2 aliphatic rings. The van der Waals surface area contributed by atoms with Gasteiger partial charge in [0.25, 0.3) is 0 Å². The Bertz CT molecular complexity index is 486. The molecule has 0 aromatic heterocycles. The van der Waals surface area contributed by atoms with E-state index in [9.17, 15) is 4.57 Å². The SMILES string of the molecule is CCOP(=O)(OCC)OCC1=NC2C=CC=CC2=N1. The highest BCUT2D eigenvalue weighted by atomic mass is 31.2. The van der Waals surface area contributed by atoms with Crippen molar-refractivity contribution in [2.75, 3.05) is 19.8 Å². The van der Waals surface area contributed by atoms with Crippen LogP contribution in [0.4, 0.5) is 0 Å². The summed E-state index contributed by atoms with van der Waals surface area (Å²) >= 11 is 0. The number of amidine groups is 1. The van der Waals surface area contributed by atoms with Gasteiger partial charge in [0.1, 0.15) is 12.6 Å². The highest BCUT2D eigenvalue weighted by Gasteiger charge is 2.28. The zero-order valence-electron chi connectivity index (χ0n) is 11.0. The number of phosphoric ester groups is 1. The van der Waals surface area contributed by atoms with Gasteiger partial charge in [-0.1, -0.05) is 18.2 Å². The van der Waals surface area contributed by atoms with E-state index in [0.717, 1.165) is 5.71 Å². The fourth-order valence-corrected chi connectivity index (χ4v) is 2.84. The molecular formula is C12H17N2O4P. The predicted octanol–water partition coefficient (Wildman–Crippen LogP) is 2.53. The van der Waals surface area contributed by atoms with Gasteiger partial charge in [-0.05, 0) is 19.9 Å². The van der Waals surface area contributed by atoms with Crippen molar-refractivity contribution < 1.29 is 18.1 Å². The Morgan fingerprint density at radius 1 is 1.21 bits per heavy atom. The Morgan fingerprint density at radius 3 is 2.58 bits per heavy atom. The second-order valence-electron chi connectivity index (χ2n) is 3.83. The highest BCUT2D eigenvalue weighted by molar-refractivity contribution is 7.48. The van der Waals surface area contributed by atoms with Gasteiger partial charge < -0.3 is 0 Å². The Balaban J connectivity index is 1.95. The summed E-state index contributed by atoms with van der Waals surface area (Å²) in [7, 11) is -3.50. The molecule has 19 heavy (non-hydrogen) atoms. The lowest BCUT2D eigenvalue weighted by molar-refractivity contribution is 0.133. The Kier molecular flexibility index (Phi) is 4.82. The van der Waals surface area contributed by atoms with E-state index < -0.39 is 7.82 Å². The van der Waals surface area contributed by atoms with Gasteiger partial charge in [-0.25, -0.2) is 9.56 Å². The van der Waals surface area contributed by atoms with E-state index >= 15 is 0 Å². The van der Waals surface area contributed by atoms with Crippen LogP contribution in [-0.4, -0.2) is 37.4 Å². The molecule has 0 amide bonds. The average Bonchev–Trinajstić information content (AvgIpc) is 2.80. The van der Waals surface area contributed by atoms with E-state index in [1.165, 1.54) is 0 Å². The van der Waals surface area contributed by atoms with Crippen molar-refractivity contribution >= 4 is 19.4 Å². The van der Waals surface area contributed by atoms with E-state index in [0.29, 0.717) is 5.84 Å². The number of phosphoric acid groups is 1. The standard InChI is InChI=1S/C12H17N2O4P/c1-3-16-19(15,17-4-2)18-9-12-13-10-7-5-6-8-11(10)14-12/h5-8,10H,3-4,9H2,1-2H3. The third-order valence-corrected chi connectivity index (χ3v) is 4.04. The quantitative estimate of drug-likeness (QED) is 0.674. The van der Waals surface area contributed by atoms with Crippen molar-refractivity contribution in [3.63, 3.8) is 0 Å². The molecule has 1 unspecified atom stereocenters. The smallest absolute Gasteiger partial charge is 0.287 e. The molecule has 0 spiro atoms. The maximum atomic E-state index is 12.1. The summed E-state index contributed by atoms with van der Waals surface area (Å²) in [6.45, 7) is 3.98. The van der Waals surface area contributed by atoms with Crippen molar-refractivity contribution in [3.8, 4) is 0 Å². The number of hydrogen-bond donors (Lipinski definition) is 0. The van der Waals surface area contributed by atoms with E-state index in [4.69, 9.17) is 13.6 Å². The summed E-state index contributed by atoms with van der Waals surface area (Å²) in [4.78, 5) is 8.66. The van der Waals surface area contributed by atoms with Gasteiger partial charge in [-0.3, -0.25) is 18.6 Å². The van der Waals surface area contributed by atoms with Crippen LogP contribution in [0, 0.1) is 0 Å². The van der Waals surface area contributed by atoms with Crippen molar-refractivity contribution in [1.29, 1.82) is 0 Å². The molecule has 0 fully saturated rings. The zero-order valence-corrected chi connectivity index (χ0v) is 11.9. The van der Waals surface area contributed by atoms with Crippen LogP contribution in [0.25, 0.3) is 0 Å². The second-order valence-corrected chi connectivity index (χ2v) is 5.50. The molecule has 0 bridgehead atoms. The normalized spacial score (nSPS) is 21.3. The van der Waals surface area contributed by atoms with Gasteiger partial charge in [-0.2, -0.15) is 0 Å². The lowest BCUT2D eigenvalue weighted by atomic mass is 10.1. The molecule has 2 rings (SSSR count). The highest BCUT2D eigenvalue weighted by Crippen LogP contribution is 2.49. The minimum Gasteiger partial charge on any atom is -0.287 e. The number of fused-ring (bicyclic) bond motifs is 1. The first-order chi connectivity index (χ1) is 9.17. The largest absolute Gasteiger partial charge is 0.475 e. The van der Waals surface area contributed by atoms with Crippen molar-refractivity contribution in [2.24, 2.45) is 9.98 Å². The summed E-state index contributed by atoms with van der Waals surface area (Å²) in [5, 5.41) is 0. The van der Waals surface area contributed by atoms with Crippen LogP contribution < -0.4 is 0 Å². The van der Waals surface area contributed by atoms with Crippen LogP contribution in [-0.2, 0) is 18.1 Å². The summed E-state index contributed by atoms with van der Waals surface area (Å²) in [6, 6.07) is -0.0535. The average molecular weight is 284 g/mol. The zero-order chi connectivity index (χ0) is 13.7. The number of nitrogens with zero attached hydrogens (tertiary/aromatic N) is 2. The van der Waals surface area contributed by atoms with Gasteiger partial charge in [0.15, 0.2) is 5.84 Å². The number of hydrogen-bond acceptors (Lipinski definition) is 6. The molecule has 6 nitrogen and oxygen atoms in total. The minimum absolute atomic E-state index is 0.0129. The summed E-state index contributed by atoms with van der Waals surface area (Å²) < 4.78 is 27.4. The lowest BCUT2D eigenvalue weighted by Crippen LogP contribution is -2.11. The fraction of sp³-hybridized carbons (Fsp3) is 0.500. The predicted molar refractivity (Wildman–Crippen MR) is 73.7 cm³/mol. The maximum absolute atomic E-state index is 12.1. The third kappa shape index (κ3) is 3.70. The van der Waals surface area contributed by atoms with Crippen LogP contribution in [0.1, 0.15) is 13.8 Å². The van der Waals surface area contributed by atoms with E-state index in [1.54, 1.807) is 13.8 Å². The maximum Gasteiger partial charge on any atom is 0.475 e. The molecule has 0 radical (unpaired) electrons. The molecule has 7 heteroatoms. The molecule has 0 saturated carbocycles. The number of rotatable bonds is 7. The molecular weight excluding hydrogens is 267 g/mol.